The van der Waals surface area contributed by atoms with Crippen LogP contribution in [0, 0.1) is 0 Å². The molecule has 2 nitrogen and oxygen atoms in total. The van der Waals surface area contributed by atoms with Gasteiger partial charge in [-0.15, -0.1) is 0 Å². The van der Waals surface area contributed by atoms with Crippen molar-refractivity contribution in [2.45, 2.75) is 0 Å². The average Bonchev–Trinajstić information content (AvgIpc) is 3.58. The zero-order chi connectivity index (χ0) is 53.5. The molecule has 0 heterocycles. The summed E-state index contributed by atoms with van der Waals surface area (Å²) in [4.78, 5) is 4.60. The van der Waals surface area contributed by atoms with Crippen LogP contribution in [0.4, 0.5) is 34.1 Å². The van der Waals surface area contributed by atoms with Gasteiger partial charge >= 0.3 is 0 Å². The summed E-state index contributed by atoms with van der Waals surface area (Å²) in [6.07, 6.45) is 4.63. The zero-order valence-electron chi connectivity index (χ0n) is 44.2. The van der Waals surface area contributed by atoms with Crippen molar-refractivity contribution >= 4 is 79.0 Å². The maximum Gasteiger partial charge on any atom is 0.0462 e. The van der Waals surface area contributed by atoms with Crippen molar-refractivity contribution in [2.24, 2.45) is 0 Å². The van der Waals surface area contributed by atoms with E-state index in [1.54, 1.807) is 0 Å². The van der Waals surface area contributed by atoms with Crippen molar-refractivity contribution < 1.29 is 0 Å². The third-order valence-electron chi connectivity index (χ3n) is 15.1. The zero-order valence-corrected chi connectivity index (χ0v) is 44.2. The molecule has 0 amide bonds. The fourth-order valence-corrected chi connectivity index (χ4v) is 11.3. The smallest absolute Gasteiger partial charge is 0.0462 e. The molecule has 0 spiro atoms. The molecule has 2 heteroatoms. The van der Waals surface area contributed by atoms with Crippen LogP contribution in [0.3, 0.4) is 0 Å². The second-order valence-electron chi connectivity index (χ2n) is 20.0. The molecule has 378 valence electrons. The molecule has 0 saturated carbocycles. The molecule has 13 aromatic carbocycles. The van der Waals surface area contributed by atoms with Gasteiger partial charge in [0.05, 0.1) is 0 Å². The van der Waals surface area contributed by atoms with Crippen molar-refractivity contribution in [3.63, 3.8) is 0 Å². The Morgan fingerprint density at radius 3 is 0.700 bits per heavy atom. The maximum absolute atomic E-state index is 2.32. The van der Waals surface area contributed by atoms with E-state index in [-0.39, 0.29) is 0 Å². The Bertz CT molecular complexity index is 3840. The molecule has 0 atom stereocenters. The number of benzene rings is 13. The number of rotatable bonds is 14. The highest BCUT2D eigenvalue weighted by Gasteiger charge is 2.19. The van der Waals surface area contributed by atoms with Crippen LogP contribution < -0.4 is 9.80 Å². The van der Waals surface area contributed by atoms with Crippen LogP contribution in [0.5, 0.6) is 0 Å². The Labute approximate surface area is 469 Å². The Balaban J connectivity index is 0.838. The van der Waals surface area contributed by atoms with Crippen LogP contribution in [-0.2, 0) is 0 Å². The molecule has 0 aliphatic rings. The van der Waals surface area contributed by atoms with E-state index >= 15 is 0 Å². The fraction of sp³-hybridized carbons (Fsp3) is 0. The van der Waals surface area contributed by atoms with Gasteiger partial charge in [-0.3, -0.25) is 0 Å². The van der Waals surface area contributed by atoms with Gasteiger partial charge in [0.1, 0.15) is 0 Å². The number of para-hydroxylation sites is 4. The van der Waals surface area contributed by atoms with Crippen molar-refractivity contribution in [3.8, 4) is 22.3 Å². The lowest BCUT2D eigenvalue weighted by Gasteiger charge is -2.25. The van der Waals surface area contributed by atoms with Gasteiger partial charge in [0, 0.05) is 34.1 Å². The summed E-state index contributed by atoms with van der Waals surface area (Å²) in [6, 6.07) is 118. The summed E-state index contributed by atoms with van der Waals surface area (Å²) in [5, 5.41) is 4.90. The van der Waals surface area contributed by atoms with E-state index in [1.165, 1.54) is 66.1 Å². The molecule has 0 radical (unpaired) electrons. The standard InChI is InChI=1S/C78H56N2/c1-7-23-59(24-8-1)75(55-57-39-51-69(52-40-57)79(65-27-11-3-12-28-65)66-29-13-4-14-30-66)61-43-47-63(48-44-61)77-71-35-19-21-37-73(71)78(74-38-22-20-36-72(74)77)64-49-45-62(46-50-64)76(60-25-9-2-10-26-60)56-58-41-53-70(54-42-58)80(67-31-15-5-16-32-67)68-33-17-6-18-34-68/h1-56H/b75-55+,76-56+. The predicted octanol–water partition coefficient (Wildman–Crippen LogP) is 21.4. The predicted molar refractivity (Wildman–Crippen MR) is 341 cm³/mol. The molecule has 0 aliphatic carbocycles. The van der Waals surface area contributed by atoms with Gasteiger partial charge in [-0.2, -0.15) is 0 Å². The molecule has 13 aromatic rings. The van der Waals surface area contributed by atoms with Crippen molar-refractivity contribution in [1.29, 1.82) is 0 Å². The molecule has 0 saturated heterocycles. The number of hydrogen-bond acceptors (Lipinski definition) is 2. The molecule has 80 heavy (non-hydrogen) atoms. The quantitative estimate of drug-likeness (QED) is 0.0791. The lowest BCUT2D eigenvalue weighted by atomic mass is 9.85. The molecule has 0 aliphatic heterocycles. The van der Waals surface area contributed by atoms with Gasteiger partial charge < -0.3 is 9.80 Å². The first kappa shape index (κ1) is 49.1. The lowest BCUT2D eigenvalue weighted by Crippen LogP contribution is -2.09. The van der Waals surface area contributed by atoms with Gasteiger partial charge in [0.2, 0.25) is 0 Å². The van der Waals surface area contributed by atoms with Crippen LogP contribution in [0.2, 0.25) is 0 Å². The third kappa shape index (κ3) is 10.1. The largest absolute Gasteiger partial charge is 0.311 e. The molecule has 13 rings (SSSR count). The minimum Gasteiger partial charge on any atom is -0.311 e. The highest BCUT2D eigenvalue weighted by Crippen LogP contribution is 2.45. The second kappa shape index (κ2) is 22.6. The van der Waals surface area contributed by atoms with E-state index in [4.69, 9.17) is 0 Å². The maximum atomic E-state index is 2.32. The van der Waals surface area contributed by atoms with E-state index < -0.39 is 0 Å². The van der Waals surface area contributed by atoms with Gasteiger partial charge in [-0.1, -0.05) is 255 Å². The molecule has 0 fully saturated rings. The summed E-state index contributed by atoms with van der Waals surface area (Å²) >= 11 is 0. The normalized spacial score (nSPS) is 11.7. The summed E-state index contributed by atoms with van der Waals surface area (Å²) in [6.45, 7) is 0. The molecule has 0 aromatic heterocycles. The van der Waals surface area contributed by atoms with Crippen LogP contribution in [-0.4, -0.2) is 0 Å². The minimum atomic E-state index is 1.10. The van der Waals surface area contributed by atoms with E-state index in [2.05, 4.69) is 350 Å². The van der Waals surface area contributed by atoms with E-state index in [1.807, 2.05) is 0 Å². The minimum absolute atomic E-state index is 1.10. The topological polar surface area (TPSA) is 6.48 Å². The van der Waals surface area contributed by atoms with Crippen LogP contribution in [0.25, 0.3) is 67.1 Å². The average molecular weight is 1020 g/mol. The highest BCUT2D eigenvalue weighted by atomic mass is 15.1. The summed E-state index contributed by atoms with van der Waals surface area (Å²) in [5.41, 5.74) is 20.8. The van der Waals surface area contributed by atoms with Crippen LogP contribution in [0.15, 0.2) is 328 Å². The number of anilines is 6. The van der Waals surface area contributed by atoms with Gasteiger partial charge in [0.25, 0.3) is 0 Å². The van der Waals surface area contributed by atoms with Gasteiger partial charge in [0.15, 0.2) is 0 Å². The Morgan fingerprint density at radius 2 is 0.425 bits per heavy atom. The summed E-state index contributed by atoms with van der Waals surface area (Å²) < 4.78 is 0. The van der Waals surface area contributed by atoms with Crippen LogP contribution in [0.1, 0.15) is 33.4 Å². The number of hydrogen-bond donors (Lipinski definition) is 0. The van der Waals surface area contributed by atoms with Crippen molar-refractivity contribution in [2.75, 3.05) is 9.80 Å². The van der Waals surface area contributed by atoms with E-state index in [0.29, 0.717) is 0 Å². The van der Waals surface area contributed by atoms with Gasteiger partial charge in [-0.05, 0) is 173 Å². The molecule has 0 bridgehead atoms. The van der Waals surface area contributed by atoms with Crippen LogP contribution >= 0.6 is 0 Å². The summed E-state index contributed by atoms with van der Waals surface area (Å²) in [7, 11) is 0. The van der Waals surface area contributed by atoms with Crippen molar-refractivity contribution in [3.05, 3.63) is 361 Å². The third-order valence-corrected chi connectivity index (χ3v) is 15.1. The SMILES string of the molecule is C(=C(/c1ccccc1)c1ccc(-c2c3ccccc3c(-c3ccc(/C(=C/c4ccc(N(c5ccccc5)c5ccccc5)cc4)c4ccccc4)cc3)c3ccccc23)cc1)/c1ccc(N(c2ccccc2)c2ccccc2)cc1. The lowest BCUT2D eigenvalue weighted by molar-refractivity contribution is 1.28. The second-order valence-corrected chi connectivity index (χ2v) is 20.0. The summed E-state index contributed by atoms with van der Waals surface area (Å²) in [5.74, 6) is 0. The van der Waals surface area contributed by atoms with E-state index in [0.717, 1.165) is 56.4 Å². The fourth-order valence-electron chi connectivity index (χ4n) is 11.3. The van der Waals surface area contributed by atoms with E-state index in [9.17, 15) is 0 Å². The Kier molecular flexibility index (Phi) is 13.8. The number of nitrogens with zero attached hydrogens (tertiary/aromatic N) is 2. The molecule has 0 unspecified atom stereocenters. The monoisotopic (exact) mass is 1020 g/mol. The first-order chi connectivity index (χ1) is 39.7. The Hall–Kier alpha value is -10.5. The first-order valence-corrected chi connectivity index (χ1v) is 27.4. The first-order valence-electron chi connectivity index (χ1n) is 27.4. The van der Waals surface area contributed by atoms with Crippen molar-refractivity contribution in [1.82, 2.24) is 0 Å². The van der Waals surface area contributed by atoms with Gasteiger partial charge in [-0.25, -0.2) is 0 Å². The Morgan fingerprint density at radius 1 is 0.200 bits per heavy atom. The highest BCUT2D eigenvalue weighted by molar-refractivity contribution is 6.21. The number of fused-ring (bicyclic) bond motifs is 2. The molecular weight excluding hydrogens is 965 g/mol. The molecule has 0 N–H and O–H groups in total. The molecular formula is C78H56N2.